The second kappa shape index (κ2) is 9.08. The molecule has 1 amide bonds. The summed E-state index contributed by atoms with van der Waals surface area (Å²) >= 11 is 0. The van der Waals surface area contributed by atoms with Crippen molar-refractivity contribution in [1.82, 2.24) is 19.7 Å². The fourth-order valence-corrected chi connectivity index (χ4v) is 5.04. The Morgan fingerprint density at radius 2 is 2.09 bits per heavy atom. The van der Waals surface area contributed by atoms with E-state index in [9.17, 15) is 9.90 Å². The number of nitrogen functional groups attached to an aromatic ring is 1. The van der Waals surface area contributed by atoms with E-state index in [0.29, 0.717) is 18.7 Å². The number of aromatic nitrogens is 3. The van der Waals surface area contributed by atoms with E-state index >= 15 is 0 Å². The molecule has 1 saturated heterocycles. The highest BCUT2D eigenvalue weighted by Crippen LogP contribution is 2.35. The summed E-state index contributed by atoms with van der Waals surface area (Å²) in [5.74, 6) is 0.795. The summed E-state index contributed by atoms with van der Waals surface area (Å²) in [4.78, 5) is 18.7. The highest BCUT2D eigenvalue weighted by Gasteiger charge is 2.39. The van der Waals surface area contributed by atoms with Crippen LogP contribution in [0.25, 0.3) is 0 Å². The van der Waals surface area contributed by atoms with Crippen molar-refractivity contribution in [2.75, 3.05) is 35.7 Å². The summed E-state index contributed by atoms with van der Waals surface area (Å²) in [6, 6.07) is 13.8. The molecule has 178 valence electrons. The Labute approximate surface area is 199 Å². The number of aliphatic hydroxyl groups is 1. The minimum atomic E-state index is -0.708. The molecule has 2 aliphatic heterocycles. The van der Waals surface area contributed by atoms with Gasteiger partial charge in [0.05, 0.1) is 6.54 Å². The van der Waals surface area contributed by atoms with Crippen molar-refractivity contribution in [1.29, 1.82) is 0 Å². The number of benzene rings is 2. The Hall–Kier alpha value is -3.43. The maximum Gasteiger partial charge on any atom is 0.227 e. The van der Waals surface area contributed by atoms with Crippen molar-refractivity contribution in [3.63, 3.8) is 0 Å². The normalized spacial score (nSPS) is 18.7. The van der Waals surface area contributed by atoms with E-state index < -0.39 is 6.23 Å². The lowest BCUT2D eigenvalue weighted by molar-refractivity contribution is -0.117. The van der Waals surface area contributed by atoms with Crippen molar-refractivity contribution in [2.24, 2.45) is 13.0 Å². The Morgan fingerprint density at radius 1 is 1.24 bits per heavy atom. The average Bonchev–Trinajstić information content (AvgIpc) is 3.52. The van der Waals surface area contributed by atoms with Crippen LogP contribution in [-0.4, -0.2) is 57.0 Å². The van der Waals surface area contributed by atoms with Gasteiger partial charge in [-0.25, -0.2) is 0 Å². The second-order valence-electron chi connectivity index (χ2n) is 9.41. The quantitative estimate of drug-likeness (QED) is 0.517. The molecule has 3 N–H and O–H groups in total. The van der Waals surface area contributed by atoms with Crippen LogP contribution < -0.4 is 15.5 Å². The first-order valence-electron chi connectivity index (χ1n) is 11.6. The van der Waals surface area contributed by atoms with Crippen molar-refractivity contribution >= 4 is 23.0 Å². The van der Waals surface area contributed by atoms with Crippen LogP contribution in [0.4, 0.5) is 17.1 Å². The molecule has 2 aliphatic rings. The Morgan fingerprint density at radius 3 is 2.85 bits per heavy atom. The van der Waals surface area contributed by atoms with Crippen molar-refractivity contribution in [3.8, 4) is 0 Å². The number of aryl methyl sites for hydroxylation is 1. The van der Waals surface area contributed by atoms with Crippen LogP contribution in [0, 0.1) is 5.92 Å². The summed E-state index contributed by atoms with van der Waals surface area (Å²) in [6.07, 6.45) is 2.21. The predicted octanol–water partition coefficient (Wildman–Crippen LogP) is 1.76. The van der Waals surface area contributed by atoms with Crippen LogP contribution in [0.5, 0.6) is 0 Å². The number of hydrogen-bond acceptors (Lipinski definition) is 7. The SMILES string of the molecule is CN(Cc1ccc2c(c1)CCN2C(O)C1CC(=O)N(c2cccc(N)c2)C1)Cc1nncn1C. The van der Waals surface area contributed by atoms with Gasteiger partial charge in [0.2, 0.25) is 5.91 Å². The average molecular weight is 462 g/mol. The van der Waals surface area contributed by atoms with E-state index in [0.717, 1.165) is 43.3 Å². The third-order valence-corrected chi connectivity index (χ3v) is 6.82. The molecule has 9 heteroatoms. The number of hydrogen-bond donors (Lipinski definition) is 2. The molecule has 1 aromatic heterocycles. The Kier molecular flexibility index (Phi) is 5.97. The number of nitrogens with zero attached hydrogens (tertiary/aromatic N) is 6. The zero-order chi connectivity index (χ0) is 23.8. The second-order valence-corrected chi connectivity index (χ2v) is 9.41. The number of carbonyl (C=O) groups is 1. The molecule has 0 radical (unpaired) electrons. The van der Waals surface area contributed by atoms with Gasteiger partial charge in [-0.1, -0.05) is 18.2 Å². The standard InChI is InChI=1S/C25H31N7O2/c1-29(15-23-28-27-16-30(23)2)13-17-6-7-22-18(10-17)8-9-31(22)25(34)19-11-24(33)32(14-19)21-5-3-4-20(26)12-21/h3-7,10,12,16,19,25,34H,8-9,11,13-15,26H2,1-2H3. The molecule has 0 saturated carbocycles. The molecule has 2 aromatic carbocycles. The van der Waals surface area contributed by atoms with Gasteiger partial charge in [-0.3, -0.25) is 9.69 Å². The minimum Gasteiger partial charge on any atom is -0.399 e. The van der Waals surface area contributed by atoms with Gasteiger partial charge in [-0.15, -0.1) is 10.2 Å². The van der Waals surface area contributed by atoms with Gasteiger partial charge >= 0.3 is 0 Å². The highest BCUT2D eigenvalue weighted by molar-refractivity contribution is 5.96. The van der Waals surface area contributed by atoms with Gasteiger partial charge in [0, 0.05) is 56.1 Å². The van der Waals surface area contributed by atoms with E-state index in [1.54, 1.807) is 23.4 Å². The summed E-state index contributed by atoms with van der Waals surface area (Å²) in [5.41, 5.74) is 10.8. The summed E-state index contributed by atoms with van der Waals surface area (Å²) in [5, 5.41) is 19.3. The molecule has 5 rings (SSSR count). The number of carbonyl (C=O) groups excluding carboxylic acids is 1. The van der Waals surface area contributed by atoms with Crippen LogP contribution in [0.1, 0.15) is 23.4 Å². The van der Waals surface area contributed by atoms with Crippen LogP contribution in [0.15, 0.2) is 48.8 Å². The van der Waals surface area contributed by atoms with E-state index in [-0.39, 0.29) is 11.8 Å². The third-order valence-electron chi connectivity index (χ3n) is 6.82. The number of fused-ring (bicyclic) bond motifs is 1. The van der Waals surface area contributed by atoms with Gasteiger partial charge in [0.15, 0.2) is 0 Å². The largest absolute Gasteiger partial charge is 0.399 e. The maximum absolute atomic E-state index is 12.7. The van der Waals surface area contributed by atoms with Crippen LogP contribution in [-0.2, 0) is 31.4 Å². The van der Waals surface area contributed by atoms with Crippen molar-refractivity contribution < 1.29 is 9.90 Å². The topological polar surface area (TPSA) is 104 Å². The molecule has 2 atom stereocenters. The molecule has 0 bridgehead atoms. The first-order valence-corrected chi connectivity index (χ1v) is 11.6. The number of amides is 1. The molecule has 3 aromatic rings. The van der Waals surface area contributed by atoms with Gasteiger partial charge in [-0.05, 0) is 48.9 Å². The van der Waals surface area contributed by atoms with E-state index in [1.165, 1.54) is 11.1 Å². The van der Waals surface area contributed by atoms with E-state index in [1.807, 2.05) is 28.6 Å². The maximum atomic E-state index is 12.7. The highest BCUT2D eigenvalue weighted by atomic mass is 16.3. The smallest absolute Gasteiger partial charge is 0.227 e. The van der Waals surface area contributed by atoms with Gasteiger partial charge in [0.1, 0.15) is 18.4 Å². The molecule has 0 aliphatic carbocycles. The number of nitrogens with two attached hydrogens (primary N) is 1. The first kappa shape index (κ1) is 22.4. The molecule has 0 spiro atoms. The van der Waals surface area contributed by atoms with Gasteiger partial charge in [-0.2, -0.15) is 0 Å². The lowest BCUT2D eigenvalue weighted by Crippen LogP contribution is -2.41. The lowest BCUT2D eigenvalue weighted by atomic mass is 10.0. The number of rotatable bonds is 7. The lowest BCUT2D eigenvalue weighted by Gasteiger charge is -2.30. The molecule has 1 fully saturated rings. The van der Waals surface area contributed by atoms with Crippen LogP contribution in [0.2, 0.25) is 0 Å². The summed E-state index contributed by atoms with van der Waals surface area (Å²) in [6.45, 7) is 2.75. The first-order chi connectivity index (χ1) is 16.4. The minimum absolute atomic E-state index is 0.0235. The van der Waals surface area contributed by atoms with Crippen LogP contribution >= 0.6 is 0 Å². The van der Waals surface area contributed by atoms with E-state index in [2.05, 4.69) is 40.3 Å². The monoisotopic (exact) mass is 461 g/mol. The Bertz CT molecular complexity index is 1190. The van der Waals surface area contributed by atoms with Gasteiger partial charge < -0.3 is 25.2 Å². The fraction of sp³-hybridized carbons (Fsp3) is 0.400. The number of anilines is 3. The van der Waals surface area contributed by atoms with Gasteiger partial charge in [0.25, 0.3) is 0 Å². The zero-order valence-corrected chi connectivity index (χ0v) is 19.6. The fourth-order valence-electron chi connectivity index (χ4n) is 5.04. The van der Waals surface area contributed by atoms with Crippen molar-refractivity contribution in [2.45, 2.75) is 32.2 Å². The predicted molar refractivity (Wildman–Crippen MR) is 131 cm³/mol. The number of aliphatic hydroxyl groups excluding tert-OH is 1. The molecule has 2 unspecified atom stereocenters. The molecular weight excluding hydrogens is 430 g/mol. The van der Waals surface area contributed by atoms with E-state index in [4.69, 9.17) is 5.73 Å². The molecule has 9 nitrogen and oxygen atoms in total. The zero-order valence-electron chi connectivity index (χ0n) is 19.6. The molecule has 34 heavy (non-hydrogen) atoms. The van der Waals surface area contributed by atoms with Crippen molar-refractivity contribution in [3.05, 3.63) is 65.7 Å². The molecular formula is C25H31N7O2. The molecule has 3 heterocycles. The summed E-state index contributed by atoms with van der Waals surface area (Å²) < 4.78 is 1.93. The third kappa shape index (κ3) is 4.36. The Balaban J connectivity index is 1.25. The summed E-state index contributed by atoms with van der Waals surface area (Å²) in [7, 11) is 4.02. The van der Waals surface area contributed by atoms with Crippen LogP contribution in [0.3, 0.4) is 0 Å².